The van der Waals surface area contributed by atoms with E-state index in [-0.39, 0.29) is 11.4 Å². The molecule has 0 fully saturated rings. The molecule has 0 aliphatic carbocycles. The molecule has 0 saturated carbocycles. The van der Waals surface area contributed by atoms with Gasteiger partial charge in [-0.3, -0.25) is 14.9 Å². The van der Waals surface area contributed by atoms with E-state index in [4.69, 9.17) is 16.3 Å². The zero-order chi connectivity index (χ0) is 17.0. The maximum atomic E-state index is 13.6. The number of amides is 1. The highest BCUT2D eigenvalue weighted by atomic mass is 35.5. The summed E-state index contributed by atoms with van der Waals surface area (Å²) in [5.41, 5.74) is -0.625. The van der Waals surface area contributed by atoms with Crippen molar-refractivity contribution in [2.75, 3.05) is 5.32 Å². The molecule has 8 heteroatoms. The zero-order valence-electron chi connectivity index (χ0n) is 12.0. The van der Waals surface area contributed by atoms with Crippen molar-refractivity contribution >= 4 is 28.9 Å². The Kier molecular flexibility index (Phi) is 5.13. The lowest BCUT2D eigenvalue weighted by molar-refractivity contribution is -0.384. The molecule has 0 aliphatic heterocycles. The van der Waals surface area contributed by atoms with Crippen LogP contribution in [0.5, 0.6) is 5.75 Å². The van der Waals surface area contributed by atoms with Gasteiger partial charge in [0.15, 0.2) is 6.10 Å². The van der Waals surface area contributed by atoms with Gasteiger partial charge in [0.25, 0.3) is 11.6 Å². The predicted molar refractivity (Wildman–Crippen MR) is 83.2 cm³/mol. The Morgan fingerprint density at radius 2 is 2.04 bits per heavy atom. The lowest BCUT2D eigenvalue weighted by Gasteiger charge is -2.15. The number of benzene rings is 2. The van der Waals surface area contributed by atoms with Crippen molar-refractivity contribution in [3.8, 4) is 5.75 Å². The first kappa shape index (κ1) is 16.7. The van der Waals surface area contributed by atoms with Gasteiger partial charge in [0.2, 0.25) is 0 Å². The minimum Gasteiger partial charge on any atom is -0.479 e. The Morgan fingerprint density at radius 1 is 1.35 bits per heavy atom. The van der Waals surface area contributed by atoms with E-state index in [0.29, 0.717) is 10.8 Å². The van der Waals surface area contributed by atoms with Crippen LogP contribution in [0.25, 0.3) is 0 Å². The molecule has 0 heterocycles. The Bertz CT molecular complexity index is 754. The molecule has 2 aromatic rings. The number of hydrogen-bond acceptors (Lipinski definition) is 4. The van der Waals surface area contributed by atoms with Crippen LogP contribution in [0.2, 0.25) is 5.02 Å². The Labute approximate surface area is 136 Å². The summed E-state index contributed by atoms with van der Waals surface area (Å²) >= 11 is 5.92. The number of anilines is 1. The molecule has 0 radical (unpaired) electrons. The predicted octanol–water partition coefficient (Wildman–Crippen LogP) is 3.79. The number of para-hydroxylation sites is 1. The van der Waals surface area contributed by atoms with Crippen LogP contribution < -0.4 is 10.1 Å². The van der Waals surface area contributed by atoms with Crippen LogP contribution in [-0.2, 0) is 4.79 Å². The van der Waals surface area contributed by atoms with Gasteiger partial charge in [-0.2, -0.15) is 0 Å². The second-order valence-electron chi connectivity index (χ2n) is 4.60. The number of rotatable bonds is 5. The summed E-state index contributed by atoms with van der Waals surface area (Å²) in [7, 11) is 0. The van der Waals surface area contributed by atoms with Crippen LogP contribution >= 0.6 is 11.6 Å². The summed E-state index contributed by atoms with van der Waals surface area (Å²) in [4.78, 5) is 22.1. The van der Waals surface area contributed by atoms with Crippen molar-refractivity contribution in [1.82, 2.24) is 0 Å². The van der Waals surface area contributed by atoms with Crippen molar-refractivity contribution in [3.63, 3.8) is 0 Å². The molecule has 0 bridgehead atoms. The fourth-order valence-corrected chi connectivity index (χ4v) is 1.92. The van der Waals surface area contributed by atoms with E-state index in [2.05, 4.69) is 5.32 Å². The van der Waals surface area contributed by atoms with Gasteiger partial charge >= 0.3 is 0 Å². The number of nitro benzene ring substituents is 1. The van der Waals surface area contributed by atoms with Gasteiger partial charge in [0, 0.05) is 12.1 Å². The molecule has 2 rings (SSSR count). The minimum absolute atomic E-state index is 0.293. The van der Waals surface area contributed by atoms with E-state index in [1.54, 1.807) is 24.3 Å². The maximum absolute atomic E-state index is 13.6. The molecule has 1 unspecified atom stereocenters. The largest absolute Gasteiger partial charge is 0.479 e. The van der Waals surface area contributed by atoms with E-state index in [9.17, 15) is 19.3 Å². The molecular formula is C15H12ClFN2O4. The highest BCUT2D eigenvalue weighted by Gasteiger charge is 2.19. The Morgan fingerprint density at radius 3 is 2.70 bits per heavy atom. The van der Waals surface area contributed by atoms with E-state index in [0.717, 1.165) is 18.2 Å². The lowest BCUT2D eigenvalue weighted by Crippen LogP contribution is -2.30. The SMILES string of the molecule is CC(Oc1ccccc1Cl)C(=O)Nc1cc([N+](=O)[O-])ccc1F. The molecule has 0 spiro atoms. The number of nitrogens with zero attached hydrogens (tertiary/aromatic N) is 1. The average molecular weight is 339 g/mol. The Hall–Kier alpha value is -2.67. The van der Waals surface area contributed by atoms with Gasteiger partial charge in [-0.15, -0.1) is 0 Å². The third kappa shape index (κ3) is 4.17. The summed E-state index contributed by atoms with van der Waals surface area (Å²) in [6, 6.07) is 9.43. The highest BCUT2D eigenvalue weighted by molar-refractivity contribution is 6.32. The fourth-order valence-electron chi connectivity index (χ4n) is 1.74. The van der Waals surface area contributed by atoms with Crippen molar-refractivity contribution in [2.45, 2.75) is 13.0 Å². The molecule has 2 aromatic carbocycles. The molecule has 0 saturated heterocycles. The molecule has 1 N–H and O–H groups in total. The summed E-state index contributed by atoms with van der Waals surface area (Å²) in [6.45, 7) is 1.45. The van der Waals surface area contributed by atoms with Gasteiger partial charge in [0.1, 0.15) is 11.6 Å². The second-order valence-corrected chi connectivity index (χ2v) is 5.01. The van der Waals surface area contributed by atoms with E-state index in [1.807, 2.05) is 0 Å². The van der Waals surface area contributed by atoms with Crippen molar-refractivity contribution in [3.05, 3.63) is 63.4 Å². The first-order valence-corrected chi connectivity index (χ1v) is 6.92. The third-order valence-corrected chi connectivity index (χ3v) is 3.24. The van der Waals surface area contributed by atoms with Gasteiger partial charge in [-0.1, -0.05) is 23.7 Å². The van der Waals surface area contributed by atoms with Crippen molar-refractivity contribution < 1.29 is 18.8 Å². The number of hydrogen-bond donors (Lipinski definition) is 1. The molecule has 0 aromatic heterocycles. The summed E-state index contributed by atoms with van der Waals surface area (Å²) < 4.78 is 19.0. The molecule has 1 atom stereocenters. The molecule has 23 heavy (non-hydrogen) atoms. The van der Waals surface area contributed by atoms with Crippen LogP contribution in [0.4, 0.5) is 15.8 Å². The van der Waals surface area contributed by atoms with Crippen LogP contribution in [-0.4, -0.2) is 16.9 Å². The monoisotopic (exact) mass is 338 g/mol. The second kappa shape index (κ2) is 7.06. The first-order valence-electron chi connectivity index (χ1n) is 6.54. The van der Waals surface area contributed by atoms with Crippen molar-refractivity contribution in [1.29, 1.82) is 0 Å². The zero-order valence-corrected chi connectivity index (χ0v) is 12.7. The van der Waals surface area contributed by atoms with Crippen LogP contribution in [0.15, 0.2) is 42.5 Å². The number of ether oxygens (including phenoxy) is 1. The molecule has 120 valence electrons. The van der Waals surface area contributed by atoms with Gasteiger partial charge in [-0.25, -0.2) is 4.39 Å². The number of halogens is 2. The number of non-ortho nitro benzene ring substituents is 1. The first-order chi connectivity index (χ1) is 10.9. The summed E-state index contributed by atoms with van der Waals surface area (Å²) in [5.74, 6) is -1.14. The summed E-state index contributed by atoms with van der Waals surface area (Å²) in [5, 5.41) is 13.3. The topological polar surface area (TPSA) is 81.5 Å². The quantitative estimate of drug-likeness (QED) is 0.664. The number of nitro groups is 1. The number of carbonyl (C=O) groups is 1. The van der Waals surface area contributed by atoms with Gasteiger partial charge in [0.05, 0.1) is 15.6 Å². The smallest absolute Gasteiger partial charge is 0.271 e. The standard InChI is InChI=1S/C15H12ClFN2O4/c1-9(23-14-5-3-2-4-11(14)16)15(20)18-13-8-10(19(21)22)6-7-12(13)17/h2-9H,1H3,(H,18,20). The normalized spacial score (nSPS) is 11.6. The molecule has 1 amide bonds. The summed E-state index contributed by atoms with van der Waals surface area (Å²) in [6.07, 6.45) is -0.978. The van der Waals surface area contributed by atoms with E-state index >= 15 is 0 Å². The minimum atomic E-state index is -0.978. The Balaban J connectivity index is 2.11. The van der Waals surface area contributed by atoms with E-state index in [1.165, 1.54) is 6.92 Å². The van der Waals surface area contributed by atoms with Crippen LogP contribution in [0.3, 0.4) is 0 Å². The van der Waals surface area contributed by atoms with Gasteiger partial charge < -0.3 is 10.1 Å². The average Bonchev–Trinajstić information content (AvgIpc) is 2.51. The molecular weight excluding hydrogens is 327 g/mol. The number of carbonyl (C=O) groups excluding carboxylic acids is 1. The lowest BCUT2D eigenvalue weighted by atomic mass is 10.2. The molecule has 6 nitrogen and oxygen atoms in total. The molecule has 0 aliphatic rings. The van der Waals surface area contributed by atoms with Gasteiger partial charge in [-0.05, 0) is 25.1 Å². The fraction of sp³-hybridized carbons (Fsp3) is 0.133. The van der Waals surface area contributed by atoms with Crippen LogP contribution in [0, 0.1) is 15.9 Å². The third-order valence-electron chi connectivity index (χ3n) is 2.93. The van der Waals surface area contributed by atoms with Crippen LogP contribution in [0.1, 0.15) is 6.92 Å². The maximum Gasteiger partial charge on any atom is 0.271 e. The number of nitrogens with one attached hydrogen (secondary N) is 1. The van der Waals surface area contributed by atoms with E-state index < -0.39 is 22.8 Å². The van der Waals surface area contributed by atoms with Crippen molar-refractivity contribution in [2.24, 2.45) is 0 Å². The highest BCUT2D eigenvalue weighted by Crippen LogP contribution is 2.25.